The first kappa shape index (κ1) is 17.6. The summed E-state index contributed by atoms with van der Waals surface area (Å²) in [5.74, 6) is -0.195. The van der Waals surface area contributed by atoms with Crippen LogP contribution in [0.5, 0.6) is 11.6 Å². The molecular formula is C19H19FN4O2. The number of benzene rings is 1. The molecule has 6 nitrogen and oxygen atoms in total. The maximum Gasteiger partial charge on any atom is 0.224 e. The van der Waals surface area contributed by atoms with Gasteiger partial charge in [0.15, 0.2) is 11.6 Å². The van der Waals surface area contributed by atoms with Crippen LogP contribution in [0.3, 0.4) is 0 Å². The van der Waals surface area contributed by atoms with E-state index in [1.165, 1.54) is 12.1 Å². The van der Waals surface area contributed by atoms with Gasteiger partial charge in [-0.05, 0) is 30.2 Å². The van der Waals surface area contributed by atoms with Gasteiger partial charge in [-0.2, -0.15) is 5.10 Å². The molecular weight excluding hydrogens is 335 g/mol. The first-order valence-corrected chi connectivity index (χ1v) is 8.22. The summed E-state index contributed by atoms with van der Waals surface area (Å²) >= 11 is 0. The third-order valence-electron chi connectivity index (χ3n) is 3.77. The first-order valence-electron chi connectivity index (χ1n) is 8.22. The van der Waals surface area contributed by atoms with Crippen molar-refractivity contribution < 1.29 is 13.9 Å². The van der Waals surface area contributed by atoms with Crippen molar-refractivity contribution in [2.45, 2.75) is 19.4 Å². The lowest BCUT2D eigenvalue weighted by atomic mass is 10.2. The van der Waals surface area contributed by atoms with Gasteiger partial charge >= 0.3 is 0 Å². The highest BCUT2D eigenvalue weighted by molar-refractivity contribution is 5.76. The van der Waals surface area contributed by atoms with Crippen molar-refractivity contribution in [3.8, 4) is 11.6 Å². The molecule has 1 amide bonds. The predicted molar refractivity (Wildman–Crippen MR) is 94.1 cm³/mol. The lowest BCUT2D eigenvalue weighted by Crippen LogP contribution is -2.23. The average Bonchev–Trinajstić information content (AvgIpc) is 3.06. The number of ether oxygens (including phenoxy) is 1. The number of carbonyl (C=O) groups excluding carboxylic acids is 1. The van der Waals surface area contributed by atoms with Gasteiger partial charge in [-0.25, -0.2) is 9.37 Å². The molecule has 2 aromatic heterocycles. The SMILES string of the molecule is Cn1cc(CCC(=O)NCc2cccnc2Oc2ccccc2F)cn1. The minimum absolute atomic E-state index is 0.0884. The maximum absolute atomic E-state index is 13.8. The van der Waals surface area contributed by atoms with Gasteiger partial charge in [-0.3, -0.25) is 9.48 Å². The van der Waals surface area contributed by atoms with Crippen molar-refractivity contribution in [1.29, 1.82) is 0 Å². The molecule has 0 saturated heterocycles. The number of amides is 1. The Morgan fingerprint density at radius 2 is 2.12 bits per heavy atom. The molecule has 0 aliphatic heterocycles. The van der Waals surface area contributed by atoms with E-state index in [2.05, 4.69) is 15.4 Å². The van der Waals surface area contributed by atoms with E-state index in [1.807, 2.05) is 13.2 Å². The minimum atomic E-state index is -0.468. The fraction of sp³-hybridized carbons (Fsp3) is 0.211. The molecule has 0 bridgehead atoms. The Kier molecular flexibility index (Phi) is 5.58. The fourth-order valence-corrected chi connectivity index (χ4v) is 2.42. The quantitative estimate of drug-likeness (QED) is 0.708. The molecule has 7 heteroatoms. The molecule has 3 aromatic rings. The van der Waals surface area contributed by atoms with E-state index >= 15 is 0 Å². The molecule has 0 unspecified atom stereocenters. The van der Waals surface area contributed by atoms with Crippen molar-refractivity contribution in [2.24, 2.45) is 7.05 Å². The number of nitrogens with one attached hydrogen (secondary N) is 1. The molecule has 0 aliphatic rings. The number of carbonyl (C=O) groups is 1. The minimum Gasteiger partial charge on any atom is -0.436 e. The molecule has 0 saturated carbocycles. The summed E-state index contributed by atoms with van der Waals surface area (Å²) in [5.41, 5.74) is 1.68. The van der Waals surface area contributed by atoms with E-state index in [0.717, 1.165) is 5.56 Å². The van der Waals surface area contributed by atoms with Gasteiger partial charge in [-0.15, -0.1) is 0 Å². The third kappa shape index (κ3) is 4.66. The Bertz CT molecular complexity index is 895. The number of hydrogen-bond acceptors (Lipinski definition) is 4. The number of aromatic nitrogens is 3. The van der Waals surface area contributed by atoms with Crippen molar-refractivity contribution in [1.82, 2.24) is 20.1 Å². The van der Waals surface area contributed by atoms with Crippen LogP contribution in [0.2, 0.25) is 0 Å². The molecule has 1 N–H and O–H groups in total. The number of hydrogen-bond donors (Lipinski definition) is 1. The van der Waals surface area contributed by atoms with Gasteiger partial charge in [0.25, 0.3) is 0 Å². The molecule has 0 fully saturated rings. The summed E-state index contributed by atoms with van der Waals surface area (Å²) in [6.07, 6.45) is 6.16. The van der Waals surface area contributed by atoms with Crippen molar-refractivity contribution >= 4 is 5.91 Å². The molecule has 26 heavy (non-hydrogen) atoms. The lowest BCUT2D eigenvalue weighted by molar-refractivity contribution is -0.121. The van der Waals surface area contributed by atoms with Crippen LogP contribution in [0.4, 0.5) is 4.39 Å². The molecule has 2 heterocycles. The van der Waals surface area contributed by atoms with Crippen molar-refractivity contribution in [3.05, 3.63) is 71.9 Å². The lowest BCUT2D eigenvalue weighted by Gasteiger charge is -2.11. The summed E-state index contributed by atoms with van der Waals surface area (Å²) in [5, 5.41) is 6.91. The van der Waals surface area contributed by atoms with Crippen LogP contribution in [-0.2, 0) is 24.8 Å². The third-order valence-corrected chi connectivity index (χ3v) is 3.77. The zero-order valence-electron chi connectivity index (χ0n) is 14.4. The zero-order valence-corrected chi connectivity index (χ0v) is 14.4. The second-order valence-corrected chi connectivity index (χ2v) is 5.80. The Morgan fingerprint density at radius 3 is 2.88 bits per heavy atom. The standard InChI is InChI=1S/C19H19FN4O2/c1-24-13-14(11-23-24)8-9-18(25)22-12-15-5-4-10-21-19(15)26-17-7-3-2-6-16(17)20/h2-7,10-11,13H,8-9,12H2,1H3,(H,22,25). The summed E-state index contributed by atoms with van der Waals surface area (Å²) < 4.78 is 21.0. The van der Waals surface area contributed by atoms with E-state index in [-0.39, 0.29) is 24.1 Å². The normalized spacial score (nSPS) is 10.5. The van der Waals surface area contributed by atoms with Gasteiger partial charge in [-0.1, -0.05) is 18.2 Å². The summed E-state index contributed by atoms with van der Waals surface area (Å²) in [6.45, 7) is 0.253. The summed E-state index contributed by atoms with van der Waals surface area (Å²) in [6, 6.07) is 9.64. The van der Waals surface area contributed by atoms with E-state index in [9.17, 15) is 9.18 Å². The van der Waals surface area contributed by atoms with Crippen LogP contribution in [0.15, 0.2) is 55.0 Å². The Labute approximate surface area is 150 Å². The Balaban J connectivity index is 1.58. The second kappa shape index (κ2) is 8.24. The molecule has 3 rings (SSSR count). The highest BCUT2D eigenvalue weighted by Crippen LogP contribution is 2.25. The monoisotopic (exact) mass is 354 g/mol. The maximum atomic E-state index is 13.8. The Morgan fingerprint density at radius 1 is 1.27 bits per heavy atom. The zero-order chi connectivity index (χ0) is 18.4. The molecule has 134 valence electrons. The number of nitrogens with zero attached hydrogens (tertiary/aromatic N) is 3. The van der Waals surface area contributed by atoms with Crippen LogP contribution >= 0.6 is 0 Å². The van der Waals surface area contributed by atoms with Crippen molar-refractivity contribution in [3.63, 3.8) is 0 Å². The largest absolute Gasteiger partial charge is 0.436 e. The van der Waals surface area contributed by atoms with Gasteiger partial charge < -0.3 is 10.1 Å². The van der Waals surface area contributed by atoms with Gasteiger partial charge in [0.05, 0.1) is 6.20 Å². The predicted octanol–water partition coefficient (Wildman–Crippen LogP) is 3.00. The molecule has 0 atom stereocenters. The van der Waals surface area contributed by atoms with Crippen molar-refractivity contribution in [2.75, 3.05) is 0 Å². The van der Waals surface area contributed by atoms with E-state index in [4.69, 9.17) is 4.74 Å². The molecule has 0 aliphatic carbocycles. The number of rotatable bonds is 7. The van der Waals surface area contributed by atoms with Crippen LogP contribution in [-0.4, -0.2) is 20.7 Å². The molecule has 0 spiro atoms. The van der Waals surface area contributed by atoms with Crippen LogP contribution in [0, 0.1) is 5.82 Å². The number of pyridine rings is 1. The van der Waals surface area contributed by atoms with Gasteiger partial charge in [0.1, 0.15) is 0 Å². The van der Waals surface area contributed by atoms with Crippen LogP contribution in [0.25, 0.3) is 0 Å². The Hall–Kier alpha value is -3.22. The summed E-state index contributed by atoms with van der Waals surface area (Å²) in [4.78, 5) is 16.2. The number of halogens is 1. The van der Waals surface area contributed by atoms with E-state index in [1.54, 1.807) is 41.3 Å². The topological polar surface area (TPSA) is 69.0 Å². The van der Waals surface area contributed by atoms with Crippen LogP contribution in [0.1, 0.15) is 17.5 Å². The number of para-hydroxylation sites is 1. The van der Waals surface area contributed by atoms with E-state index in [0.29, 0.717) is 18.4 Å². The van der Waals surface area contributed by atoms with Gasteiger partial charge in [0, 0.05) is 38.0 Å². The number of aryl methyl sites for hydroxylation is 2. The molecule has 0 radical (unpaired) electrons. The first-order chi connectivity index (χ1) is 12.6. The highest BCUT2D eigenvalue weighted by atomic mass is 19.1. The molecule has 1 aromatic carbocycles. The van der Waals surface area contributed by atoms with Crippen LogP contribution < -0.4 is 10.1 Å². The van der Waals surface area contributed by atoms with E-state index < -0.39 is 5.82 Å². The summed E-state index contributed by atoms with van der Waals surface area (Å²) in [7, 11) is 1.84. The second-order valence-electron chi connectivity index (χ2n) is 5.80. The average molecular weight is 354 g/mol. The fourth-order valence-electron chi connectivity index (χ4n) is 2.42. The highest BCUT2D eigenvalue weighted by Gasteiger charge is 2.11. The van der Waals surface area contributed by atoms with Gasteiger partial charge in [0.2, 0.25) is 11.8 Å². The smallest absolute Gasteiger partial charge is 0.224 e.